The van der Waals surface area contributed by atoms with Crippen molar-refractivity contribution in [1.82, 2.24) is 0 Å². The van der Waals surface area contributed by atoms with Gasteiger partial charge >= 0.3 is 5.97 Å². The first-order chi connectivity index (χ1) is 6.77. The van der Waals surface area contributed by atoms with Crippen LogP contribution in [0.4, 0.5) is 0 Å². The van der Waals surface area contributed by atoms with Crippen LogP contribution >= 0.6 is 0 Å². The molecule has 0 aromatic rings. The zero-order valence-corrected chi connectivity index (χ0v) is 8.61. The van der Waals surface area contributed by atoms with Crippen molar-refractivity contribution < 1.29 is 14.6 Å². The molecule has 1 N–H and O–H groups in total. The predicted octanol–water partition coefficient (Wildman–Crippen LogP) is 1.51. The second-order valence-electron chi connectivity index (χ2n) is 3.76. The lowest BCUT2D eigenvalue weighted by Crippen LogP contribution is -2.17. The Bertz CT molecular complexity index is 211. The number of ether oxygens (including phenoxy) is 1. The fourth-order valence-corrected chi connectivity index (χ4v) is 1.81. The molecule has 0 spiro atoms. The Kier molecular flexibility index (Phi) is 4.66. The molecule has 1 rings (SSSR count). The summed E-state index contributed by atoms with van der Waals surface area (Å²) in [6.45, 7) is 0.208. The van der Waals surface area contributed by atoms with Gasteiger partial charge in [-0.25, -0.2) is 0 Å². The highest BCUT2D eigenvalue weighted by molar-refractivity contribution is 5.72. The molecule has 0 heterocycles. The first-order valence-electron chi connectivity index (χ1n) is 5.13. The van der Waals surface area contributed by atoms with Crippen molar-refractivity contribution in [3.63, 3.8) is 0 Å². The van der Waals surface area contributed by atoms with E-state index >= 15 is 0 Å². The molecule has 80 valence electrons. The number of aliphatic hydroxyl groups excluding tert-OH is 1. The standard InChI is InChI=1S/C11H18O3/c1-14-11(13)10-6-2-4-9(8-12)5-3-7-10/h2,4,9-10,12H,3,5-8H2,1H3. The maximum Gasteiger partial charge on any atom is 0.308 e. The maximum absolute atomic E-state index is 11.3. The van der Waals surface area contributed by atoms with Crippen LogP contribution in [0.3, 0.4) is 0 Å². The molecule has 2 atom stereocenters. The average Bonchev–Trinajstić information content (AvgIpc) is 2.17. The molecule has 0 aromatic heterocycles. The zero-order valence-electron chi connectivity index (χ0n) is 8.61. The Morgan fingerprint density at radius 3 is 3.00 bits per heavy atom. The van der Waals surface area contributed by atoms with Crippen molar-refractivity contribution in [2.75, 3.05) is 13.7 Å². The number of esters is 1. The van der Waals surface area contributed by atoms with E-state index in [1.165, 1.54) is 7.11 Å². The Morgan fingerprint density at radius 2 is 2.36 bits per heavy atom. The lowest BCUT2D eigenvalue weighted by molar-refractivity contribution is -0.145. The van der Waals surface area contributed by atoms with E-state index in [2.05, 4.69) is 0 Å². The molecule has 14 heavy (non-hydrogen) atoms. The number of carbonyl (C=O) groups is 1. The first kappa shape index (κ1) is 11.2. The van der Waals surface area contributed by atoms with Crippen LogP contribution in [0.5, 0.6) is 0 Å². The number of rotatable bonds is 2. The summed E-state index contributed by atoms with van der Waals surface area (Å²) >= 11 is 0. The van der Waals surface area contributed by atoms with E-state index < -0.39 is 0 Å². The fraction of sp³-hybridized carbons (Fsp3) is 0.727. The molecule has 0 radical (unpaired) electrons. The van der Waals surface area contributed by atoms with Gasteiger partial charge in [-0.1, -0.05) is 18.6 Å². The van der Waals surface area contributed by atoms with E-state index in [1.807, 2.05) is 12.2 Å². The van der Waals surface area contributed by atoms with Gasteiger partial charge in [0.05, 0.1) is 13.0 Å². The molecular weight excluding hydrogens is 180 g/mol. The summed E-state index contributed by atoms with van der Waals surface area (Å²) in [5.41, 5.74) is 0. The van der Waals surface area contributed by atoms with Crippen LogP contribution in [0.25, 0.3) is 0 Å². The fourth-order valence-electron chi connectivity index (χ4n) is 1.81. The van der Waals surface area contributed by atoms with Crippen LogP contribution in [-0.2, 0) is 9.53 Å². The van der Waals surface area contributed by atoms with Gasteiger partial charge in [0, 0.05) is 6.61 Å². The number of hydrogen-bond acceptors (Lipinski definition) is 3. The Morgan fingerprint density at radius 1 is 1.57 bits per heavy atom. The lowest BCUT2D eigenvalue weighted by atomic mass is 9.91. The third kappa shape index (κ3) is 3.14. The number of carbonyl (C=O) groups excluding carboxylic acids is 1. The summed E-state index contributed by atoms with van der Waals surface area (Å²) in [4.78, 5) is 11.3. The third-order valence-corrected chi connectivity index (χ3v) is 2.73. The number of hydrogen-bond donors (Lipinski definition) is 1. The predicted molar refractivity (Wildman–Crippen MR) is 53.7 cm³/mol. The summed E-state index contributed by atoms with van der Waals surface area (Å²) in [6.07, 6.45) is 7.54. The minimum Gasteiger partial charge on any atom is -0.469 e. The smallest absolute Gasteiger partial charge is 0.308 e. The topological polar surface area (TPSA) is 46.5 Å². The second-order valence-corrected chi connectivity index (χ2v) is 3.76. The molecule has 0 amide bonds. The van der Waals surface area contributed by atoms with Gasteiger partial charge < -0.3 is 9.84 Å². The normalized spacial score (nSPS) is 27.9. The van der Waals surface area contributed by atoms with Crippen LogP contribution in [0, 0.1) is 11.8 Å². The minimum absolute atomic E-state index is 0.0101. The van der Waals surface area contributed by atoms with Gasteiger partial charge in [0.25, 0.3) is 0 Å². The number of methoxy groups -OCH3 is 1. The number of allylic oxidation sites excluding steroid dienone is 1. The average molecular weight is 198 g/mol. The third-order valence-electron chi connectivity index (χ3n) is 2.73. The SMILES string of the molecule is COC(=O)C1CC=CC(CO)CCC1. The van der Waals surface area contributed by atoms with E-state index in [9.17, 15) is 4.79 Å². The highest BCUT2D eigenvalue weighted by atomic mass is 16.5. The minimum atomic E-state index is -0.114. The van der Waals surface area contributed by atoms with Gasteiger partial charge in [-0.05, 0) is 25.2 Å². The number of aliphatic hydroxyl groups is 1. The highest BCUT2D eigenvalue weighted by Gasteiger charge is 2.19. The lowest BCUT2D eigenvalue weighted by Gasteiger charge is -2.17. The molecule has 0 fully saturated rings. The molecule has 0 aliphatic heterocycles. The van der Waals surface area contributed by atoms with Crippen molar-refractivity contribution in [3.8, 4) is 0 Å². The van der Waals surface area contributed by atoms with Gasteiger partial charge in [0.15, 0.2) is 0 Å². The summed E-state index contributed by atoms with van der Waals surface area (Å²) in [6, 6.07) is 0. The summed E-state index contributed by atoms with van der Waals surface area (Å²) < 4.78 is 4.72. The molecule has 0 bridgehead atoms. The molecule has 1 aliphatic carbocycles. The largest absolute Gasteiger partial charge is 0.469 e. The van der Waals surface area contributed by atoms with Gasteiger partial charge in [0.1, 0.15) is 0 Å². The molecule has 2 unspecified atom stereocenters. The molecule has 3 nitrogen and oxygen atoms in total. The van der Waals surface area contributed by atoms with Crippen molar-refractivity contribution in [2.24, 2.45) is 11.8 Å². The first-order valence-corrected chi connectivity index (χ1v) is 5.13. The quantitative estimate of drug-likeness (QED) is 0.540. The van der Waals surface area contributed by atoms with Gasteiger partial charge in [-0.3, -0.25) is 4.79 Å². The monoisotopic (exact) mass is 198 g/mol. The van der Waals surface area contributed by atoms with E-state index in [0.29, 0.717) is 0 Å². The van der Waals surface area contributed by atoms with Crippen molar-refractivity contribution >= 4 is 5.97 Å². The molecule has 0 saturated heterocycles. The Balaban J connectivity index is 2.49. The van der Waals surface area contributed by atoms with Gasteiger partial charge in [0.2, 0.25) is 0 Å². The van der Waals surface area contributed by atoms with Gasteiger partial charge in [-0.2, -0.15) is 0 Å². The summed E-state index contributed by atoms with van der Waals surface area (Å²) in [5, 5.41) is 8.99. The van der Waals surface area contributed by atoms with Crippen LogP contribution in [0.1, 0.15) is 25.7 Å². The van der Waals surface area contributed by atoms with E-state index in [4.69, 9.17) is 9.84 Å². The van der Waals surface area contributed by atoms with Crippen molar-refractivity contribution in [3.05, 3.63) is 12.2 Å². The molecule has 1 aliphatic rings. The van der Waals surface area contributed by atoms with Crippen molar-refractivity contribution in [1.29, 1.82) is 0 Å². The van der Waals surface area contributed by atoms with E-state index in [0.717, 1.165) is 25.7 Å². The second kappa shape index (κ2) is 5.81. The summed E-state index contributed by atoms with van der Waals surface area (Å²) in [5.74, 6) is 0.168. The maximum atomic E-state index is 11.3. The van der Waals surface area contributed by atoms with Crippen molar-refractivity contribution in [2.45, 2.75) is 25.7 Å². The zero-order chi connectivity index (χ0) is 10.4. The van der Waals surface area contributed by atoms with Crippen LogP contribution in [-0.4, -0.2) is 24.8 Å². The van der Waals surface area contributed by atoms with Crippen LogP contribution in [0.2, 0.25) is 0 Å². The molecule has 0 aromatic carbocycles. The summed E-state index contributed by atoms with van der Waals surface area (Å²) in [7, 11) is 1.43. The Hall–Kier alpha value is -0.830. The van der Waals surface area contributed by atoms with Gasteiger partial charge in [-0.15, -0.1) is 0 Å². The van der Waals surface area contributed by atoms with E-state index in [-0.39, 0.29) is 24.4 Å². The van der Waals surface area contributed by atoms with E-state index in [1.54, 1.807) is 0 Å². The highest BCUT2D eigenvalue weighted by Crippen LogP contribution is 2.22. The van der Waals surface area contributed by atoms with Crippen LogP contribution in [0.15, 0.2) is 12.2 Å². The Labute approximate surface area is 84.8 Å². The molecular formula is C11H18O3. The van der Waals surface area contributed by atoms with Crippen LogP contribution < -0.4 is 0 Å². The molecule has 3 heteroatoms. The molecule has 0 saturated carbocycles.